The number of hydrogen-bond donors (Lipinski definition) is 1. The van der Waals surface area contributed by atoms with E-state index in [0.717, 1.165) is 115 Å². The molecule has 0 amide bonds. The van der Waals surface area contributed by atoms with Gasteiger partial charge in [-0.05, 0) is 102 Å². The maximum absolute atomic E-state index is 12.5. The van der Waals surface area contributed by atoms with Crippen LogP contribution in [0.15, 0.2) is 0 Å². The second-order valence-electron chi connectivity index (χ2n) is 14.5. The molecule has 0 aliphatic rings. The summed E-state index contributed by atoms with van der Waals surface area (Å²) in [5, 5.41) is 4.15. The Bertz CT molecular complexity index is 782. The van der Waals surface area contributed by atoms with Crippen LogP contribution in [0.1, 0.15) is 195 Å². The van der Waals surface area contributed by atoms with E-state index in [-0.39, 0.29) is 24.1 Å². The molecular formula is C41H81N3O4S. The largest absolute Gasteiger partial charge is 0.462 e. The molecule has 0 saturated carbocycles. The van der Waals surface area contributed by atoms with Crippen molar-refractivity contribution in [2.45, 2.75) is 207 Å². The summed E-state index contributed by atoms with van der Waals surface area (Å²) in [6.45, 7) is 13.0. The molecule has 1 N–H and O–H groups in total. The third-order valence-electron chi connectivity index (χ3n) is 9.48. The zero-order valence-corrected chi connectivity index (χ0v) is 34.1. The van der Waals surface area contributed by atoms with Gasteiger partial charge < -0.3 is 24.6 Å². The van der Waals surface area contributed by atoms with E-state index in [2.05, 4.69) is 37.9 Å². The standard InChI is InChI=1S/C41H81N3O4S/c1-7-11-14-22-29-37(10-4)47-39(45)31-23-17-15-19-25-34-44(36-27-33-42-41(49)43(5)6)35-26-20-16-18-24-32-40(46)48-38(28-13-9-3)30-21-12-8-2/h37-38H,7-36H2,1-6H3,(H,42,49). The first-order valence-corrected chi connectivity index (χ1v) is 21.2. The summed E-state index contributed by atoms with van der Waals surface area (Å²) in [5.74, 6) is -0.00553. The van der Waals surface area contributed by atoms with Crippen LogP contribution in [0.2, 0.25) is 0 Å². The van der Waals surface area contributed by atoms with Crippen molar-refractivity contribution >= 4 is 29.3 Å². The van der Waals surface area contributed by atoms with Crippen LogP contribution < -0.4 is 5.32 Å². The first kappa shape index (κ1) is 47.6. The van der Waals surface area contributed by atoms with Crippen LogP contribution in [0, 0.1) is 0 Å². The van der Waals surface area contributed by atoms with Gasteiger partial charge in [0.05, 0.1) is 0 Å². The molecule has 0 bridgehead atoms. The number of hydrogen-bond acceptors (Lipinski definition) is 6. The lowest BCUT2D eigenvalue weighted by Crippen LogP contribution is -2.36. The Morgan fingerprint density at radius 3 is 1.53 bits per heavy atom. The monoisotopic (exact) mass is 712 g/mol. The Balaban J connectivity index is 4.32. The molecule has 0 aliphatic heterocycles. The van der Waals surface area contributed by atoms with E-state index in [1.807, 2.05) is 19.0 Å². The SMILES string of the molecule is CCCCCCC(CC)OC(=O)CCCCCCCN(CCCCCCCC(=O)OC(CCCC)CCCCC)CCCNC(=S)N(C)C. The van der Waals surface area contributed by atoms with Crippen molar-refractivity contribution < 1.29 is 19.1 Å². The molecule has 0 heterocycles. The summed E-state index contributed by atoms with van der Waals surface area (Å²) >= 11 is 5.38. The second kappa shape index (κ2) is 35.0. The van der Waals surface area contributed by atoms with Gasteiger partial charge in [0, 0.05) is 33.5 Å². The van der Waals surface area contributed by atoms with Crippen LogP contribution in [0.3, 0.4) is 0 Å². The van der Waals surface area contributed by atoms with E-state index >= 15 is 0 Å². The fourth-order valence-corrected chi connectivity index (χ4v) is 6.31. The summed E-state index contributed by atoms with van der Waals surface area (Å²) < 4.78 is 11.6. The van der Waals surface area contributed by atoms with Crippen LogP contribution in [-0.2, 0) is 19.1 Å². The predicted molar refractivity (Wildman–Crippen MR) is 213 cm³/mol. The minimum Gasteiger partial charge on any atom is -0.462 e. The first-order chi connectivity index (χ1) is 23.8. The van der Waals surface area contributed by atoms with E-state index in [0.29, 0.717) is 12.8 Å². The Morgan fingerprint density at radius 2 is 0.980 bits per heavy atom. The van der Waals surface area contributed by atoms with Gasteiger partial charge in [-0.2, -0.15) is 0 Å². The van der Waals surface area contributed by atoms with Crippen LogP contribution >= 0.6 is 12.2 Å². The number of carbonyl (C=O) groups excluding carboxylic acids is 2. The number of thiocarbonyl (C=S) groups is 1. The molecule has 0 radical (unpaired) electrons. The maximum Gasteiger partial charge on any atom is 0.306 e. The van der Waals surface area contributed by atoms with Crippen molar-refractivity contribution in [3.05, 3.63) is 0 Å². The van der Waals surface area contributed by atoms with Crippen LogP contribution in [-0.4, -0.2) is 79.3 Å². The Kier molecular flexibility index (Phi) is 34.0. The fraction of sp³-hybridized carbons (Fsp3) is 0.927. The zero-order valence-electron chi connectivity index (χ0n) is 33.3. The van der Waals surface area contributed by atoms with Gasteiger partial charge in [0.15, 0.2) is 5.11 Å². The highest BCUT2D eigenvalue weighted by molar-refractivity contribution is 7.80. The third-order valence-corrected chi connectivity index (χ3v) is 9.99. The highest BCUT2D eigenvalue weighted by atomic mass is 32.1. The molecule has 0 spiro atoms. The summed E-state index contributed by atoms with van der Waals surface area (Å²) in [5.41, 5.74) is 0. The lowest BCUT2D eigenvalue weighted by atomic mass is 10.1. The molecule has 0 fully saturated rings. The Labute approximate surface area is 309 Å². The Hall–Kier alpha value is -1.41. The third kappa shape index (κ3) is 31.1. The molecule has 0 aromatic carbocycles. The highest BCUT2D eigenvalue weighted by Crippen LogP contribution is 2.17. The van der Waals surface area contributed by atoms with Crippen LogP contribution in [0.5, 0.6) is 0 Å². The van der Waals surface area contributed by atoms with Crippen molar-refractivity contribution in [3.63, 3.8) is 0 Å². The fourth-order valence-electron chi connectivity index (χ4n) is 6.21. The van der Waals surface area contributed by atoms with Gasteiger partial charge in [-0.25, -0.2) is 0 Å². The van der Waals surface area contributed by atoms with Crippen molar-refractivity contribution in [2.75, 3.05) is 40.3 Å². The number of nitrogens with one attached hydrogen (secondary N) is 1. The van der Waals surface area contributed by atoms with Crippen molar-refractivity contribution in [2.24, 2.45) is 0 Å². The van der Waals surface area contributed by atoms with E-state index in [1.54, 1.807) is 0 Å². The molecule has 2 unspecified atom stereocenters. The molecule has 0 saturated heterocycles. The normalized spacial score (nSPS) is 12.6. The molecule has 0 aromatic heterocycles. The van der Waals surface area contributed by atoms with Gasteiger partial charge in [0.1, 0.15) is 12.2 Å². The second-order valence-corrected chi connectivity index (χ2v) is 14.9. The lowest BCUT2D eigenvalue weighted by molar-refractivity contribution is -0.150. The molecule has 7 nitrogen and oxygen atoms in total. The molecule has 0 aromatic rings. The van der Waals surface area contributed by atoms with Gasteiger partial charge in [-0.3, -0.25) is 9.59 Å². The minimum absolute atomic E-state index is 0.00404. The topological polar surface area (TPSA) is 71.1 Å². The quantitative estimate of drug-likeness (QED) is 0.0396. The van der Waals surface area contributed by atoms with Gasteiger partial charge in [-0.1, -0.05) is 111 Å². The van der Waals surface area contributed by atoms with Gasteiger partial charge in [0.25, 0.3) is 0 Å². The van der Waals surface area contributed by atoms with E-state index in [1.165, 1.54) is 70.6 Å². The molecule has 0 aliphatic carbocycles. The highest BCUT2D eigenvalue weighted by Gasteiger charge is 2.14. The summed E-state index contributed by atoms with van der Waals surface area (Å²) in [6, 6.07) is 0. The first-order valence-electron chi connectivity index (χ1n) is 20.8. The molecule has 0 rings (SSSR count). The van der Waals surface area contributed by atoms with Crippen molar-refractivity contribution in [3.8, 4) is 0 Å². The average Bonchev–Trinajstić information content (AvgIpc) is 3.08. The number of esters is 2. The zero-order chi connectivity index (χ0) is 36.4. The van der Waals surface area contributed by atoms with Gasteiger partial charge in [-0.15, -0.1) is 0 Å². The lowest BCUT2D eigenvalue weighted by Gasteiger charge is -2.23. The average molecular weight is 712 g/mol. The number of unbranched alkanes of at least 4 members (excludes halogenated alkanes) is 14. The van der Waals surface area contributed by atoms with Gasteiger partial charge >= 0.3 is 11.9 Å². The summed E-state index contributed by atoms with van der Waals surface area (Å²) in [4.78, 5) is 29.4. The Morgan fingerprint density at radius 1 is 0.551 bits per heavy atom. The van der Waals surface area contributed by atoms with Crippen LogP contribution in [0.25, 0.3) is 0 Å². The van der Waals surface area contributed by atoms with Crippen molar-refractivity contribution in [1.82, 2.24) is 15.1 Å². The molecular weight excluding hydrogens is 631 g/mol. The molecule has 2 atom stereocenters. The molecule has 49 heavy (non-hydrogen) atoms. The van der Waals surface area contributed by atoms with E-state index in [4.69, 9.17) is 21.7 Å². The predicted octanol–water partition coefficient (Wildman–Crippen LogP) is 10.8. The minimum atomic E-state index is -0.00957. The summed E-state index contributed by atoms with van der Waals surface area (Å²) in [6.07, 6.45) is 28.4. The smallest absolute Gasteiger partial charge is 0.306 e. The number of ether oxygens (including phenoxy) is 2. The molecule has 290 valence electrons. The molecule has 8 heteroatoms. The summed E-state index contributed by atoms with van der Waals surface area (Å²) in [7, 11) is 3.95. The number of rotatable bonds is 35. The van der Waals surface area contributed by atoms with E-state index < -0.39 is 0 Å². The van der Waals surface area contributed by atoms with E-state index in [9.17, 15) is 9.59 Å². The van der Waals surface area contributed by atoms with Gasteiger partial charge in [0.2, 0.25) is 0 Å². The maximum atomic E-state index is 12.5. The number of carbonyl (C=O) groups is 2. The number of nitrogens with zero attached hydrogens (tertiary/aromatic N) is 2. The van der Waals surface area contributed by atoms with Crippen LogP contribution in [0.4, 0.5) is 0 Å². The van der Waals surface area contributed by atoms with Crippen molar-refractivity contribution in [1.29, 1.82) is 0 Å².